The zero-order chi connectivity index (χ0) is 13.7. The van der Waals surface area contributed by atoms with Crippen LogP contribution in [0.15, 0.2) is 24.3 Å². The molecule has 0 radical (unpaired) electrons. The normalized spacial score (nSPS) is 13.8. The molecular weight excluding hydrogens is 246 g/mol. The van der Waals surface area contributed by atoms with Crippen LogP contribution in [0.2, 0.25) is 0 Å². The Bertz CT molecular complexity index is 472. The summed E-state index contributed by atoms with van der Waals surface area (Å²) in [6, 6.07) is 8.04. The topological polar surface area (TPSA) is 66.8 Å². The number of amides is 1. The van der Waals surface area contributed by atoms with Gasteiger partial charge >= 0.3 is 12.1 Å². The van der Waals surface area contributed by atoms with Crippen molar-refractivity contribution in [2.75, 3.05) is 13.2 Å². The quantitative estimate of drug-likeness (QED) is 0.844. The molecule has 1 heterocycles. The predicted octanol–water partition coefficient (Wildman–Crippen LogP) is 2.05. The van der Waals surface area contributed by atoms with E-state index < -0.39 is 5.97 Å². The Kier molecular flexibility index (Phi) is 4.39. The van der Waals surface area contributed by atoms with E-state index in [1.54, 1.807) is 4.90 Å². The first-order valence-corrected chi connectivity index (χ1v) is 6.37. The molecule has 0 aromatic heterocycles. The Morgan fingerprint density at radius 1 is 1.26 bits per heavy atom. The maximum absolute atomic E-state index is 11.8. The van der Waals surface area contributed by atoms with Crippen molar-refractivity contribution >= 4 is 12.1 Å². The summed E-state index contributed by atoms with van der Waals surface area (Å²) in [7, 11) is 0. The Hall–Kier alpha value is -2.04. The summed E-state index contributed by atoms with van der Waals surface area (Å²) < 4.78 is 5.07. The molecule has 0 spiro atoms. The number of aliphatic carboxylic acids is 1. The fourth-order valence-corrected chi connectivity index (χ4v) is 2.13. The second-order valence-corrected chi connectivity index (χ2v) is 4.55. The van der Waals surface area contributed by atoms with Crippen LogP contribution >= 0.6 is 0 Å². The number of ether oxygens (including phenoxy) is 1. The van der Waals surface area contributed by atoms with Crippen molar-refractivity contribution in [2.24, 2.45) is 0 Å². The van der Waals surface area contributed by atoms with E-state index in [-0.39, 0.29) is 19.1 Å². The second-order valence-electron chi connectivity index (χ2n) is 4.55. The summed E-state index contributed by atoms with van der Waals surface area (Å²) in [5.74, 6) is -0.872. The number of hydrogen-bond donors (Lipinski definition) is 1. The molecule has 1 aliphatic heterocycles. The zero-order valence-corrected chi connectivity index (χ0v) is 10.7. The van der Waals surface area contributed by atoms with E-state index in [2.05, 4.69) is 6.07 Å². The van der Waals surface area contributed by atoms with Crippen molar-refractivity contribution in [3.8, 4) is 0 Å². The first-order valence-electron chi connectivity index (χ1n) is 6.37. The summed E-state index contributed by atoms with van der Waals surface area (Å²) in [6.45, 7) is 1.37. The van der Waals surface area contributed by atoms with Crippen molar-refractivity contribution in [1.82, 2.24) is 4.90 Å². The monoisotopic (exact) mass is 263 g/mol. The van der Waals surface area contributed by atoms with Gasteiger partial charge in [0, 0.05) is 19.5 Å². The van der Waals surface area contributed by atoms with Gasteiger partial charge in [0.05, 0.1) is 6.61 Å². The smallest absolute Gasteiger partial charge is 0.410 e. The second kappa shape index (κ2) is 6.22. The van der Waals surface area contributed by atoms with E-state index in [9.17, 15) is 9.59 Å². The number of carboxylic acid groups (broad SMARTS) is 1. The molecule has 0 bridgehead atoms. The highest BCUT2D eigenvalue weighted by atomic mass is 16.6. The molecule has 0 unspecified atom stereocenters. The van der Waals surface area contributed by atoms with E-state index in [4.69, 9.17) is 9.84 Å². The van der Waals surface area contributed by atoms with Gasteiger partial charge in [-0.25, -0.2) is 4.79 Å². The van der Waals surface area contributed by atoms with E-state index in [1.807, 2.05) is 18.2 Å². The number of carboxylic acids is 1. The molecular formula is C14H17NO4. The molecule has 0 fully saturated rings. The highest BCUT2D eigenvalue weighted by Crippen LogP contribution is 2.18. The summed E-state index contributed by atoms with van der Waals surface area (Å²) in [6.07, 6.45) is 0.849. The van der Waals surface area contributed by atoms with Crippen LogP contribution in [0.3, 0.4) is 0 Å². The summed E-state index contributed by atoms with van der Waals surface area (Å²) in [4.78, 5) is 23.8. The molecule has 19 heavy (non-hydrogen) atoms. The van der Waals surface area contributed by atoms with Crippen LogP contribution in [0.25, 0.3) is 0 Å². The van der Waals surface area contributed by atoms with Gasteiger partial charge in [-0.1, -0.05) is 24.3 Å². The lowest BCUT2D eigenvalue weighted by Crippen LogP contribution is -2.36. The fraction of sp³-hybridized carbons (Fsp3) is 0.429. The van der Waals surface area contributed by atoms with E-state index in [1.165, 1.54) is 5.56 Å². The average Bonchev–Trinajstić information content (AvgIpc) is 2.42. The van der Waals surface area contributed by atoms with Crippen LogP contribution in [-0.2, 0) is 22.5 Å². The predicted molar refractivity (Wildman–Crippen MR) is 68.8 cm³/mol. The Labute approximate surface area is 111 Å². The SMILES string of the molecule is O=C(O)CCCOC(=O)N1CCc2ccccc2C1. The number of carbonyl (C=O) groups is 2. The lowest BCUT2D eigenvalue weighted by Gasteiger charge is -2.28. The molecule has 1 N–H and O–H groups in total. The van der Waals surface area contributed by atoms with Gasteiger partial charge in [0.2, 0.25) is 0 Å². The number of rotatable bonds is 4. The Morgan fingerprint density at radius 3 is 2.74 bits per heavy atom. The number of hydrogen-bond acceptors (Lipinski definition) is 3. The molecule has 0 atom stereocenters. The van der Waals surface area contributed by atoms with Crippen LogP contribution in [-0.4, -0.2) is 35.2 Å². The number of benzene rings is 1. The molecule has 1 amide bonds. The van der Waals surface area contributed by atoms with Crippen LogP contribution in [0.1, 0.15) is 24.0 Å². The fourth-order valence-electron chi connectivity index (χ4n) is 2.13. The minimum absolute atomic E-state index is 0.0239. The van der Waals surface area contributed by atoms with Gasteiger partial charge in [-0.05, 0) is 24.0 Å². The number of carbonyl (C=O) groups excluding carboxylic acids is 1. The first-order chi connectivity index (χ1) is 9.16. The van der Waals surface area contributed by atoms with Gasteiger partial charge in [-0.3, -0.25) is 4.79 Å². The van der Waals surface area contributed by atoms with E-state index in [0.717, 1.165) is 12.0 Å². The lowest BCUT2D eigenvalue weighted by atomic mass is 10.0. The lowest BCUT2D eigenvalue weighted by molar-refractivity contribution is -0.137. The highest BCUT2D eigenvalue weighted by molar-refractivity contribution is 5.68. The van der Waals surface area contributed by atoms with Gasteiger partial charge in [-0.2, -0.15) is 0 Å². The standard InChI is InChI=1S/C14H17NO4/c16-13(17)6-3-9-19-14(18)15-8-7-11-4-1-2-5-12(11)10-15/h1-2,4-5H,3,6-10H2,(H,16,17). The zero-order valence-electron chi connectivity index (χ0n) is 10.7. The molecule has 0 saturated heterocycles. The van der Waals surface area contributed by atoms with Crippen LogP contribution in [0.5, 0.6) is 0 Å². The molecule has 5 nitrogen and oxygen atoms in total. The molecule has 5 heteroatoms. The number of fused-ring (bicyclic) bond motifs is 1. The van der Waals surface area contributed by atoms with Crippen molar-refractivity contribution in [3.05, 3.63) is 35.4 Å². The highest BCUT2D eigenvalue weighted by Gasteiger charge is 2.21. The van der Waals surface area contributed by atoms with Crippen LogP contribution in [0, 0.1) is 0 Å². The number of nitrogens with zero attached hydrogens (tertiary/aromatic N) is 1. The molecule has 2 rings (SSSR count). The van der Waals surface area contributed by atoms with Crippen molar-refractivity contribution in [3.63, 3.8) is 0 Å². The van der Waals surface area contributed by atoms with Gasteiger partial charge in [0.25, 0.3) is 0 Å². The van der Waals surface area contributed by atoms with Gasteiger partial charge in [0.15, 0.2) is 0 Å². The summed E-state index contributed by atoms with van der Waals surface area (Å²) >= 11 is 0. The maximum Gasteiger partial charge on any atom is 0.410 e. The maximum atomic E-state index is 11.8. The van der Waals surface area contributed by atoms with Crippen molar-refractivity contribution in [1.29, 1.82) is 0 Å². The molecule has 1 aromatic rings. The molecule has 1 aromatic carbocycles. The van der Waals surface area contributed by atoms with Gasteiger partial charge in [0.1, 0.15) is 0 Å². The van der Waals surface area contributed by atoms with Crippen LogP contribution < -0.4 is 0 Å². The third-order valence-corrected chi connectivity index (χ3v) is 3.15. The van der Waals surface area contributed by atoms with E-state index in [0.29, 0.717) is 19.5 Å². The average molecular weight is 263 g/mol. The summed E-state index contributed by atoms with van der Waals surface area (Å²) in [5.41, 5.74) is 2.42. The Balaban J connectivity index is 1.80. The minimum Gasteiger partial charge on any atom is -0.481 e. The third-order valence-electron chi connectivity index (χ3n) is 3.15. The molecule has 0 aliphatic carbocycles. The largest absolute Gasteiger partial charge is 0.481 e. The molecule has 102 valence electrons. The molecule has 1 aliphatic rings. The minimum atomic E-state index is -0.872. The Morgan fingerprint density at radius 2 is 2.00 bits per heavy atom. The third kappa shape index (κ3) is 3.71. The molecule has 0 saturated carbocycles. The van der Waals surface area contributed by atoms with Crippen molar-refractivity contribution < 1.29 is 19.4 Å². The van der Waals surface area contributed by atoms with Gasteiger partial charge in [-0.15, -0.1) is 0 Å². The van der Waals surface area contributed by atoms with Crippen LogP contribution in [0.4, 0.5) is 4.79 Å². The van der Waals surface area contributed by atoms with Gasteiger partial charge < -0.3 is 14.7 Å². The first kappa shape index (κ1) is 13.4. The van der Waals surface area contributed by atoms with E-state index >= 15 is 0 Å². The summed E-state index contributed by atoms with van der Waals surface area (Å²) in [5, 5.41) is 8.49. The van der Waals surface area contributed by atoms with Crippen molar-refractivity contribution in [2.45, 2.75) is 25.8 Å².